The molecule has 0 aliphatic heterocycles. The number of hydrogen-bond donors (Lipinski definition) is 1. The number of aryl methyl sites for hydroxylation is 1. The van der Waals surface area contributed by atoms with Gasteiger partial charge < -0.3 is 14.6 Å². The summed E-state index contributed by atoms with van der Waals surface area (Å²) in [6.07, 6.45) is 6.12. The van der Waals surface area contributed by atoms with E-state index in [-0.39, 0.29) is 18.3 Å². The summed E-state index contributed by atoms with van der Waals surface area (Å²) in [6.45, 7) is 1.24. The van der Waals surface area contributed by atoms with E-state index in [0.29, 0.717) is 12.3 Å². The molecule has 1 N–H and O–H groups in total. The lowest BCUT2D eigenvalue weighted by molar-refractivity contribution is -0.123. The summed E-state index contributed by atoms with van der Waals surface area (Å²) >= 11 is 0. The van der Waals surface area contributed by atoms with Gasteiger partial charge in [-0.05, 0) is 18.6 Å². The molecule has 0 aliphatic rings. The molecular formula is C14H16FN3O2. The fourth-order valence-electron chi connectivity index (χ4n) is 1.67. The molecule has 1 amide bonds. The maximum absolute atomic E-state index is 12.9. The van der Waals surface area contributed by atoms with Gasteiger partial charge in [-0.3, -0.25) is 4.79 Å². The van der Waals surface area contributed by atoms with Gasteiger partial charge in [-0.25, -0.2) is 9.37 Å². The number of carbonyl (C=O) groups excluding carboxylic acids is 1. The molecule has 0 atom stereocenters. The van der Waals surface area contributed by atoms with Crippen molar-refractivity contribution in [2.75, 3.05) is 13.2 Å². The standard InChI is InChI=1S/C14H16FN3O2/c15-12-3-1-4-13(9-12)20-10-14(19)17-5-2-7-18-8-6-16-11-18/h1,3-4,6,8-9,11H,2,5,7,10H2,(H,17,19). The molecule has 1 aromatic heterocycles. The first-order valence-electron chi connectivity index (χ1n) is 6.35. The number of nitrogens with one attached hydrogen (secondary N) is 1. The van der Waals surface area contributed by atoms with Crippen molar-refractivity contribution in [3.05, 3.63) is 48.8 Å². The van der Waals surface area contributed by atoms with E-state index < -0.39 is 0 Å². The van der Waals surface area contributed by atoms with Crippen molar-refractivity contribution in [1.29, 1.82) is 0 Å². The zero-order valence-electron chi connectivity index (χ0n) is 11.0. The average molecular weight is 277 g/mol. The van der Waals surface area contributed by atoms with E-state index in [9.17, 15) is 9.18 Å². The monoisotopic (exact) mass is 277 g/mol. The number of rotatable bonds is 7. The third-order valence-corrected chi connectivity index (χ3v) is 2.64. The number of halogens is 1. The molecule has 0 saturated heterocycles. The molecule has 0 aliphatic carbocycles. The molecule has 0 fully saturated rings. The second-order valence-electron chi connectivity index (χ2n) is 4.25. The molecule has 0 bridgehead atoms. The molecule has 2 rings (SSSR count). The Labute approximate surface area is 116 Å². The SMILES string of the molecule is O=C(COc1cccc(F)c1)NCCCn1ccnc1. The summed E-state index contributed by atoms with van der Waals surface area (Å²) in [6, 6.07) is 5.71. The van der Waals surface area contributed by atoms with Crippen LogP contribution in [0.15, 0.2) is 43.0 Å². The number of carbonyl (C=O) groups is 1. The predicted molar refractivity (Wildman–Crippen MR) is 71.7 cm³/mol. The fraction of sp³-hybridized carbons (Fsp3) is 0.286. The van der Waals surface area contributed by atoms with Crippen LogP contribution in [-0.4, -0.2) is 28.6 Å². The Bertz CT molecular complexity index is 543. The van der Waals surface area contributed by atoms with Crippen LogP contribution in [0.4, 0.5) is 4.39 Å². The molecule has 106 valence electrons. The van der Waals surface area contributed by atoms with Crippen LogP contribution in [0.2, 0.25) is 0 Å². The van der Waals surface area contributed by atoms with Crippen LogP contribution in [0.3, 0.4) is 0 Å². The van der Waals surface area contributed by atoms with E-state index in [1.165, 1.54) is 18.2 Å². The first kappa shape index (κ1) is 14.0. The van der Waals surface area contributed by atoms with Crippen LogP contribution in [-0.2, 0) is 11.3 Å². The van der Waals surface area contributed by atoms with Crippen molar-refractivity contribution < 1.29 is 13.9 Å². The molecule has 0 saturated carbocycles. The number of benzene rings is 1. The van der Waals surface area contributed by atoms with Crippen LogP contribution in [0, 0.1) is 5.82 Å². The molecule has 20 heavy (non-hydrogen) atoms. The Morgan fingerprint density at radius 1 is 1.45 bits per heavy atom. The minimum Gasteiger partial charge on any atom is -0.484 e. The smallest absolute Gasteiger partial charge is 0.257 e. The Morgan fingerprint density at radius 2 is 2.35 bits per heavy atom. The maximum Gasteiger partial charge on any atom is 0.257 e. The molecule has 2 aromatic rings. The number of amides is 1. The lowest BCUT2D eigenvalue weighted by atomic mass is 10.3. The van der Waals surface area contributed by atoms with Crippen LogP contribution in [0.5, 0.6) is 5.75 Å². The van der Waals surface area contributed by atoms with Gasteiger partial charge in [-0.2, -0.15) is 0 Å². The molecule has 1 heterocycles. The van der Waals surface area contributed by atoms with Crippen LogP contribution < -0.4 is 10.1 Å². The minimum atomic E-state index is -0.386. The zero-order valence-corrected chi connectivity index (χ0v) is 11.0. The molecule has 1 aromatic carbocycles. The van der Waals surface area contributed by atoms with Gasteiger partial charge >= 0.3 is 0 Å². The first-order chi connectivity index (χ1) is 9.74. The largest absolute Gasteiger partial charge is 0.484 e. The van der Waals surface area contributed by atoms with Crippen molar-refractivity contribution in [2.24, 2.45) is 0 Å². The lowest BCUT2D eigenvalue weighted by Crippen LogP contribution is -2.30. The number of nitrogens with zero attached hydrogens (tertiary/aromatic N) is 2. The summed E-state index contributed by atoms with van der Waals surface area (Å²) in [5.74, 6) is -0.262. The van der Waals surface area contributed by atoms with E-state index in [1.54, 1.807) is 18.6 Å². The van der Waals surface area contributed by atoms with Crippen LogP contribution in [0.1, 0.15) is 6.42 Å². The Hall–Kier alpha value is -2.37. The normalized spacial score (nSPS) is 10.2. The topological polar surface area (TPSA) is 56.1 Å². The highest BCUT2D eigenvalue weighted by molar-refractivity contribution is 5.77. The van der Waals surface area contributed by atoms with E-state index in [1.807, 2.05) is 10.8 Å². The van der Waals surface area contributed by atoms with Crippen molar-refractivity contribution >= 4 is 5.91 Å². The summed E-state index contributed by atoms with van der Waals surface area (Å²) in [4.78, 5) is 15.4. The van der Waals surface area contributed by atoms with Crippen molar-refractivity contribution in [3.8, 4) is 5.75 Å². The number of ether oxygens (including phenoxy) is 1. The molecule has 0 spiro atoms. The Balaban J connectivity index is 1.61. The predicted octanol–water partition coefficient (Wildman–Crippen LogP) is 1.61. The Kier molecular flexibility index (Phi) is 5.11. The van der Waals surface area contributed by atoms with Gasteiger partial charge in [0, 0.05) is 31.5 Å². The van der Waals surface area contributed by atoms with E-state index >= 15 is 0 Å². The molecular weight excluding hydrogens is 261 g/mol. The summed E-state index contributed by atoms with van der Waals surface area (Å²) in [5.41, 5.74) is 0. The van der Waals surface area contributed by atoms with Gasteiger partial charge in [0.05, 0.1) is 6.33 Å². The van der Waals surface area contributed by atoms with Crippen molar-refractivity contribution in [3.63, 3.8) is 0 Å². The van der Waals surface area contributed by atoms with Gasteiger partial charge in [0.25, 0.3) is 5.91 Å². The zero-order chi connectivity index (χ0) is 14.2. The number of hydrogen-bond acceptors (Lipinski definition) is 3. The number of imidazole rings is 1. The van der Waals surface area contributed by atoms with E-state index in [4.69, 9.17) is 4.74 Å². The Morgan fingerprint density at radius 3 is 3.10 bits per heavy atom. The van der Waals surface area contributed by atoms with Crippen molar-refractivity contribution in [1.82, 2.24) is 14.9 Å². The highest BCUT2D eigenvalue weighted by Crippen LogP contribution is 2.11. The van der Waals surface area contributed by atoms with Gasteiger partial charge in [-0.15, -0.1) is 0 Å². The fourth-order valence-corrected chi connectivity index (χ4v) is 1.67. The van der Waals surface area contributed by atoms with Crippen LogP contribution in [0.25, 0.3) is 0 Å². The van der Waals surface area contributed by atoms with Crippen LogP contribution >= 0.6 is 0 Å². The average Bonchev–Trinajstić information content (AvgIpc) is 2.95. The highest BCUT2D eigenvalue weighted by atomic mass is 19.1. The quantitative estimate of drug-likeness (QED) is 0.782. The summed E-state index contributed by atoms with van der Waals surface area (Å²) in [7, 11) is 0. The third kappa shape index (κ3) is 4.72. The van der Waals surface area contributed by atoms with E-state index in [0.717, 1.165) is 13.0 Å². The van der Waals surface area contributed by atoms with Gasteiger partial charge in [0.1, 0.15) is 11.6 Å². The molecule has 6 heteroatoms. The van der Waals surface area contributed by atoms with Crippen molar-refractivity contribution in [2.45, 2.75) is 13.0 Å². The highest BCUT2D eigenvalue weighted by Gasteiger charge is 2.02. The minimum absolute atomic E-state index is 0.117. The van der Waals surface area contributed by atoms with Gasteiger partial charge in [-0.1, -0.05) is 6.07 Å². The summed E-state index contributed by atoms with van der Waals surface area (Å²) < 4.78 is 20.0. The second-order valence-corrected chi connectivity index (χ2v) is 4.25. The number of aromatic nitrogens is 2. The third-order valence-electron chi connectivity index (χ3n) is 2.64. The second kappa shape index (κ2) is 7.28. The molecule has 5 nitrogen and oxygen atoms in total. The summed E-state index contributed by atoms with van der Waals surface area (Å²) in [5, 5.41) is 2.74. The molecule has 0 unspecified atom stereocenters. The van der Waals surface area contributed by atoms with E-state index in [2.05, 4.69) is 10.3 Å². The van der Waals surface area contributed by atoms with Gasteiger partial charge in [0.2, 0.25) is 0 Å². The lowest BCUT2D eigenvalue weighted by Gasteiger charge is -2.07. The van der Waals surface area contributed by atoms with Gasteiger partial charge in [0.15, 0.2) is 6.61 Å². The maximum atomic E-state index is 12.9. The first-order valence-corrected chi connectivity index (χ1v) is 6.35. The molecule has 0 radical (unpaired) electrons.